The second kappa shape index (κ2) is 8.85. The standard InChI is InChI=1S/C18H21NO3/c1-2-21-12-7-11-19-18(20)17(14-16-10-6-13-22-16)15-8-4-3-5-9-15/h3-6,8-10,13-14H,2,7,11-12H2,1H3,(H,19,20)/b17-14+. The number of hydrogen-bond donors (Lipinski definition) is 1. The predicted octanol–water partition coefficient (Wildman–Crippen LogP) is 3.36. The van der Waals surface area contributed by atoms with Gasteiger partial charge in [0.15, 0.2) is 0 Å². The van der Waals surface area contributed by atoms with Crippen molar-refractivity contribution in [2.45, 2.75) is 13.3 Å². The SMILES string of the molecule is CCOCCCNC(=O)/C(=C/c1ccco1)c1ccccc1. The maximum atomic E-state index is 12.4. The van der Waals surface area contributed by atoms with Crippen LogP contribution in [0.5, 0.6) is 0 Å². The lowest BCUT2D eigenvalue weighted by Gasteiger charge is -2.09. The van der Waals surface area contributed by atoms with Crippen LogP contribution in [0.25, 0.3) is 11.6 Å². The summed E-state index contributed by atoms with van der Waals surface area (Å²) < 4.78 is 10.6. The van der Waals surface area contributed by atoms with E-state index in [0.717, 1.165) is 12.0 Å². The molecule has 0 fully saturated rings. The molecule has 0 radical (unpaired) electrons. The fraction of sp³-hybridized carbons (Fsp3) is 0.278. The minimum atomic E-state index is -0.112. The zero-order valence-electron chi connectivity index (χ0n) is 12.7. The van der Waals surface area contributed by atoms with E-state index in [2.05, 4.69) is 5.32 Å². The maximum absolute atomic E-state index is 12.4. The van der Waals surface area contributed by atoms with E-state index >= 15 is 0 Å². The Morgan fingerprint density at radius 1 is 1.23 bits per heavy atom. The van der Waals surface area contributed by atoms with Gasteiger partial charge in [-0.15, -0.1) is 0 Å². The summed E-state index contributed by atoms with van der Waals surface area (Å²) in [5.41, 5.74) is 1.45. The molecule has 4 nitrogen and oxygen atoms in total. The summed E-state index contributed by atoms with van der Waals surface area (Å²) >= 11 is 0. The molecule has 0 aliphatic carbocycles. The van der Waals surface area contributed by atoms with E-state index in [1.54, 1.807) is 18.4 Å². The first-order valence-corrected chi connectivity index (χ1v) is 7.48. The first kappa shape index (κ1) is 16.0. The second-order valence-corrected chi connectivity index (χ2v) is 4.75. The monoisotopic (exact) mass is 299 g/mol. The van der Waals surface area contributed by atoms with Gasteiger partial charge in [-0.1, -0.05) is 30.3 Å². The van der Waals surface area contributed by atoms with Crippen LogP contribution in [-0.4, -0.2) is 25.7 Å². The Kier molecular flexibility index (Phi) is 6.45. The summed E-state index contributed by atoms with van der Waals surface area (Å²) in [5.74, 6) is 0.544. The number of nitrogens with one attached hydrogen (secondary N) is 1. The van der Waals surface area contributed by atoms with Gasteiger partial charge in [0.1, 0.15) is 5.76 Å². The van der Waals surface area contributed by atoms with E-state index in [1.165, 1.54) is 0 Å². The average Bonchev–Trinajstić information content (AvgIpc) is 3.06. The Balaban J connectivity index is 2.06. The summed E-state index contributed by atoms with van der Waals surface area (Å²) in [6.45, 7) is 3.89. The normalized spacial score (nSPS) is 11.4. The third-order valence-electron chi connectivity index (χ3n) is 3.11. The predicted molar refractivity (Wildman–Crippen MR) is 87.1 cm³/mol. The molecule has 22 heavy (non-hydrogen) atoms. The molecule has 0 saturated carbocycles. The number of hydrogen-bond acceptors (Lipinski definition) is 3. The molecular formula is C18H21NO3. The van der Waals surface area contributed by atoms with Gasteiger partial charge in [-0.25, -0.2) is 0 Å². The first-order chi connectivity index (χ1) is 10.8. The molecule has 116 valence electrons. The maximum Gasteiger partial charge on any atom is 0.252 e. The summed E-state index contributed by atoms with van der Waals surface area (Å²) in [6.07, 6.45) is 4.14. The molecule has 0 spiro atoms. The summed E-state index contributed by atoms with van der Waals surface area (Å²) in [5, 5.41) is 2.92. The van der Waals surface area contributed by atoms with Crippen LogP contribution in [-0.2, 0) is 9.53 Å². The smallest absolute Gasteiger partial charge is 0.252 e. The zero-order valence-corrected chi connectivity index (χ0v) is 12.7. The molecule has 1 heterocycles. The lowest BCUT2D eigenvalue weighted by Crippen LogP contribution is -2.26. The van der Waals surface area contributed by atoms with Crippen LogP contribution in [0, 0.1) is 0 Å². The fourth-order valence-corrected chi connectivity index (χ4v) is 2.03. The quantitative estimate of drug-likeness (QED) is 0.600. The van der Waals surface area contributed by atoms with Crippen LogP contribution in [0.4, 0.5) is 0 Å². The van der Waals surface area contributed by atoms with E-state index < -0.39 is 0 Å². The van der Waals surface area contributed by atoms with Crippen molar-refractivity contribution in [1.82, 2.24) is 5.32 Å². The van der Waals surface area contributed by atoms with E-state index in [-0.39, 0.29) is 5.91 Å². The van der Waals surface area contributed by atoms with Crippen LogP contribution in [0.2, 0.25) is 0 Å². The van der Waals surface area contributed by atoms with Crippen molar-refractivity contribution in [1.29, 1.82) is 0 Å². The molecule has 0 saturated heterocycles. The highest BCUT2D eigenvalue weighted by atomic mass is 16.5. The highest BCUT2D eigenvalue weighted by Crippen LogP contribution is 2.18. The molecule has 1 N–H and O–H groups in total. The molecule has 1 aromatic heterocycles. The molecular weight excluding hydrogens is 278 g/mol. The van der Waals surface area contributed by atoms with Gasteiger partial charge >= 0.3 is 0 Å². The topological polar surface area (TPSA) is 51.5 Å². The lowest BCUT2D eigenvalue weighted by atomic mass is 10.0. The Morgan fingerprint density at radius 3 is 2.73 bits per heavy atom. The molecule has 1 amide bonds. The molecule has 2 rings (SSSR count). The highest BCUT2D eigenvalue weighted by molar-refractivity contribution is 6.24. The van der Waals surface area contributed by atoms with Gasteiger partial charge in [0.25, 0.3) is 5.91 Å². The summed E-state index contributed by atoms with van der Waals surface area (Å²) in [7, 11) is 0. The minimum absolute atomic E-state index is 0.112. The van der Waals surface area contributed by atoms with E-state index in [4.69, 9.17) is 9.15 Å². The Morgan fingerprint density at radius 2 is 2.05 bits per heavy atom. The van der Waals surface area contributed by atoms with Gasteiger partial charge in [0.2, 0.25) is 0 Å². The second-order valence-electron chi connectivity index (χ2n) is 4.75. The van der Waals surface area contributed by atoms with Gasteiger partial charge in [0, 0.05) is 19.8 Å². The largest absolute Gasteiger partial charge is 0.465 e. The van der Waals surface area contributed by atoms with E-state index in [9.17, 15) is 4.79 Å². The molecule has 2 aromatic rings. The van der Waals surface area contributed by atoms with Crippen LogP contribution < -0.4 is 5.32 Å². The van der Waals surface area contributed by atoms with Gasteiger partial charge in [-0.05, 0) is 37.1 Å². The molecule has 0 atom stereocenters. The van der Waals surface area contributed by atoms with Crippen LogP contribution in [0.15, 0.2) is 53.1 Å². The Labute approximate surface area is 130 Å². The molecule has 0 aliphatic rings. The van der Waals surface area contributed by atoms with Crippen molar-refractivity contribution >= 4 is 17.6 Å². The number of rotatable bonds is 8. The number of ether oxygens (including phenoxy) is 1. The number of furan rings is 1. The fourth-order valence-electron chi connectivity index (χ4n) is 2.03. The van der Waals surface area contributed by atoms with Crippen LogP contribution in [0.3, 0.4) is 0 Å². The van der Waals surface area contributed by atoms with Crippen molar-refractivity contribution in [3.05, 3.63) is 60.1 Å². The van der Waals surface area contributed by atoms with E-state index in [0.29, 0.717) is 31.1 Å². The van der Waals surface area contributed by atoms with Crippen molar-refractivity contribution < 1.29 is 13.9 Å². The number of benzene rings is 1. The minimum Gasteiger partial charge on any atom is -0.465 e. The Bertz CT molecular complexity index is 588. The summed E-state index contributed by atoms with van der Waals surface area (Å²) in [6, 6.07) is 13.2. The first-order valence-electron chi connectivity index (χ1n) is 7.48. The lowest BCUT2D eigenvalue weighted by molar-refractivity contribution is -0.115. The zero-order chi connectivity index (χ0) is 15.6. The van der Waals surface area contributed by atoms with Crippen molar-refractivity contribution in [2.24, 2.45) is 0 Å². The van der Waals surface area contributed by atoms with Crippen LogP contribution in [0.1, 0.15) is 24.7 Å². The third-order valence-corrected chi connectivity index (χ3v) is 3.11. The number of carbonyl (C=O) groups is 1. The molecule has 1 aromatic carbocycles. The Hall–Kier alpha value is -2.33. The highest BCUT2D eigenvalue weighted by Gasteiger charge is 2.12. The summed E-state index contributed by atoms with van der Waals surface area (Å²) in [4.78, 5) is 12.4. The van der Waals surface area contributed by atoms with Gasteiger partial charge in [0.05, 0.1) is 11.8 Å². The van der Waals surface area contributed by atoms with Crippen molar-refractivity contribution in [3.63, 3.8) is 0 Å². The number of carbonyl (C=O) groups excluding carboxylic acids is 1. The van der Waals surface area contributed by atoms with Gasteiger partial charge in [-0.3, -0.25) is 4.79 Å². The molecule has 4 heteroatoms. The van der Waals surface area contributed by atoms with E-state index in [1.807, 2.05) is 43.3 Å². The van der Waals surface area contributed by atoms with Gasteiger partial charge in [-0.2, -0.15) is 0 Å². The molecule has 0 bridgehead atoms. The van der Waals surface area contributed by atoms with Crippen molar-refractivity contribution in [3.8, 4) is 0 Å². The number of amides is 1. The molecule has 0 aliphatic heterocycles. The van der Waals surface area contributed by atoms with Gasteiger partial charge < -0.3 is 14.5 Å². The third kappa shape index (κ3) is 4.90. The van der Waals surface area contributed by atoms with Crippen molar-refractivity contribution in [2.75, 3.05) is 19.8 Å². The average molecular weight is 299 g/mol. The molecule has 0 unspecified atom stereocenters. The van der Waals surface area contributed by atoms with Crippen LogP contribution >= 0.6 is 0 Å².